The molecule has 7 nitrogen and oxygen atoms in total. The molecule has 2 N–H and O–H groups in total. The molecule has 2 aromatic heterocycles. The average molecular weight is 491 g/mol. The van der Waals surface area contributed by atoms with Gasteiger partial charge in [0.25, 0.3) is 0 Å². The Bertz CT molecular complexity index is 746. The van der Waals surface area contributed by atoms with Gasteiger partial charge in [-0.15, -0.1) is 24.0 Å². The van der Waals surface area contributed by atoms with Crippen molar-refractivity contribution in [3.63, 3.8) is 0 Å². The summed E-state index contributed by atoms with van der Waals surface area (Å²) in [5.74, 6) is 3.07. The summed E-state index contributed by atoms with van der Waals surface area (Å²) in [5.41, 5.74) is 0.915. The maximum absolute atomic E-state index is 6.24. The highest BCUT2D eigenvalue weighted by molar-refractivity contribution is 14.0. The van der Waals surface area contributed by atoms with Gasteiger partial charge in [0.15, 0.2) is 5.96 Å². The molecule has 0 radical (unpaired) electrons. The second-order valence-corrected chi connectivity index (χ2v) is 6.47. The van der Waals surface area contributed by atoms with Gasteiger partial charge < -0.3 is 20.0 Å². The Hall–Kier alpha value is -1.55. The van der Waals surface area contributed by atoms with Crippen LogP contribution in [0.15, 0.2) is 27.7 Å². The highest BCUT2D eigenvalue weighted by atomic mass is 127. The molecule has 1 unspecified atom stereocenters. The van der Waals surface area contributed by atoms with E-state index in [2.05, 4.69) is 30.5 Å². The van der Waals surface area contributed by atoms with Gasteiger partial charge in [0.2, 0.25) is 5.89 Å². The Morgan fingerprint density at radius 3 is 2.92 bits per heavy atom. The number of guanidine groups is 1. The fourth-order valence-electron chi connectivity index (χ4n) is 2.84. The Labute approximate surface area is 175 Å². The Morgan fingerprint density at radius 2 is 2.27 bits per heavy atom. The van der Waals surface area contributed by atoms with Gasteiger partial charge in [-0.25, -0.2) is 9.97 Å². The summed E-state index contributed by atoms with van der Waals surface area (Å²) in [6, 6.07) is 3.98. The Morgan fingerprint density at radius 1 is 1.46 bits per heavy atom. The molecule has 3 rings (SSSR count). The molecule has 0 saturated carbocycles. The molecule has 1 aliphatic heterocycles. The zero-order valence-electron chi connectivity index (χ0n) is 15.1. The fourth-order valence-corrected chi connectivity index (χ4v) is 3.08. The van der Waals surface area contributed by atoms with E-state index in [0.29, 0.717) is 17.5 Å². The number of aryl methyl sites for hydroxylation is 2. The van der Waals surface area contributed by atoms with Crippen LogP contribution >= 0.6 is 35.6 Å². The summed E-state index contributed by atoms with van der Waals surface area (Å²) in [7, 11) is 1.75. The number of halogens is 2. The van der Waals surface area contributed by atoms with Crippen molar-refractivity contribution in [2.75, 3.05) is 25.0 Å². The third-order valence-corrected chi connectivity index (χ3v) is 4.57. The third kappa shape index (κ3) is 5.00. The van der Waals surface area contributed by atoms with Crippen LogP contribution in [-0.2, 0) is 6.54 Å². The van der Waals surface area contributed by atoms with Gasteiger partial charge in [-0.1, -0.05) is 11.6 Å². The monoisotopic (exact) mass is 490 g/mol. The van der Waals surface area contributed by atoms with E-state index < -0.39 is 0 Å². The van der Waals surface area contributed by atoms with Crippen LogP contribution in [0.1, 0.15) is 23.8 Å². The van der Waals surface area contributed by atoms with Gasteiger partial charge in [-0.05, 0) is 32.4 Å². The number of hydrogen-bond donors (Lipinski definition) is 2. The first-order valence-corrected chi connectivity index (χ1v) is 8.70. The van der Waals surface area contributed by atoms with Gasteiger partial charge in [0.05, 0.1) is 17.3 Å². The molecule has 9 heteroatoms. The van der Waals surface area contributed by atoms with Crippen molar-refractivity contribution in [3.05, 3.63) is 40.7 Å². The molecule has 26 heavy (non-hydrogen) atoms. The maximum Gasteiger partial charge on any atom is 0.214 e. The second kappa shape index (κ2) is 9.40. The van der Waals surface area contributed by atoms with E-state index in [1.54, 1.807) is 13.2 Å². The number of nitrogens with one attached hydrogen (secondary N) is 2. The Balaban J connectivity index is 0.00000243. The molecule has 2 aromatic rings. The van der Waals surface area contributed by atoms with E-state index in [9.17, 15) is 0 Å². The first kappa shape index (κ1) is 20.8. The van der Waals surface area contributed by atoms with Crippen LogP contribution in [0.4, 0.5) is 5.82 Å². The first-order valence-electron chi connectivity index (χ1n) is 8.32. The quantitative estimate of drug-likeness (QED) is 0.390. The number of anilines is 1. The van der Waals surface area contributed by atoms with E-state index in [1.165, 1.54) is 0 Å². The lowest BCUT2D eigenvalue weighted by Gasteiger charge is -2.20. The molecular weight excluding hydrogens is 467 g/mol. The highest BCUT2D eigenvalue weighted by Gasteiger charge is 2.25. The molecule has 142 valence electrons. The molecule has 3 heterocycles. The smallest absolute Gasteiger partial charge is 0.214 e. The number of pyridine rings is 1. The van der Waals surface area contributed by atoms with Gasteiger partial charge in [0, 0.05) is 32.4 Å². The van der Waals surface area contributed by atoms with Crippen LogP contribution in [0.2, 0.25) is 5.02 Å². The van der Waals surface area contributed by atoms with Crippen molar-refractivity contribution in [3.8, 4) is 0 Å². The van der Waals surface area contributed by atoms with Crippen LogP contribution in [0.25, 0.3) is 0 Å². The summed E-state index contributed by atoms with van der Waals surface area (Å²) in [5, 5.41) is 7.36. The molecule has 0 aromatic carbocycles. The maximum atomic E-state index is 6.24. The summed E-state index contributed by atoms with van der Waals surface area (Å²) < 4.78 is 5.58. The number of aromatic nitrogens is 2. The summed E-state index contributed by atoms with van der Waals surface area (Å²) >= 11 is 6.24. The zero-order chi connectivity index (χ0) is 17.8. The van der Waals surface area contributed by atoms with E-state index in [1.807, 2.05) is 26.0 Å². The SMILES string of the molecule is CN=C(NCc1nc(C)c(C)o1)NC1CCN(c2ncccc2Cl)C1.I. The number of aliphatic imine (C=N–C) groups is 1. The summed E-state index contributed by atoms with van der Waals surface area (Å²) in [6.07, 6.45) is 2.76. The third-order valence-electron chi connectivity index (χ3n) is 4.27. The van der Waals surface area contributed by atoms with Gasteiger partial charge in [-0.3, -0.25) is 4.99 Å². The fraction of sp³-hybridized carbons (Fsp3) is 0.471. The lowest BCUT2D eigenvalue weighted by molar-refractivity contribution is 0.463. The Kier molecular flexibility index (Phi) is 7.51. The predicted octanol–water partition coefficient (Wildman–Crippen LogP) is 2.90. The van der Waals surface area contributed by atoms with Crippen molar-refractivity contribution in [2.45, 2.75) is 32.9 Å². The first-order chi connectivity index (χ1) is 12.1. The number of oxazole rings is 1. The summed E-state index contributed by atoms with van der Waals surface area (Å²) in [6.45, 7) is 6.08. The summed E-state index contributed by atoms with van der Waals surface area (Å²) in [4.78, 5) is 15.2. The number of rotatable bonds is 4. The average Bonchev–Trinajstić information content (AvgIpc) is 3.19. The minimum absolute atomic E-state index is 0. The predicted molar refractivity (Wildman–Crippen MR) is 115 cm³/mol. The lowest BCUT2D eigenvalue weighted by Crippen LogP contribution is -2.44. The van der Waals surface area contributed by atoms with Crippen molar-refractivity contribution in [1.29, 1.82) is 0 Å². The molecule has 1 aliphatic rings. The van der Waals surface area contributed by atoms with Gasteiger partial charge in [0.1, 0.15) is 11.6 Å². The standard InChI is InChI=1S/C17H23ClN6O.HI/c1-11-12(2)25-15(22-11)9-21-17(19-3)23-13-6-8-24(10-13)16-14(18)5-4-7-20-16;/h4-5,7,13H,6,8-10H2,1-3H3,(H2,19,21,23);1H. The second-order valence-electron chi connectivity index (χ2n) is 6.06. The molecule has 1 fully saturated rings. The molecule has 1 saturated heterocycles. The molecule has 0 spiro atoms. The van der Waals surface area contributed by atoms with E-state index in [0.717, 1.165) is 42.7 Å². The van der Waals surface area contributed by atoms with Gasteiger partial charge in [-0.2, -0.15) is 0 Å². The molecule has 0 aliphatic carbocycles. The van der Waals surface area contributed by atoms with Crippen LogP contribution in [0.3, 0.4) is 0 Å². The van der Waals surface area contributed by atoms with Crippen molar-refractivity contribution < 1.29 is 4.42 Å². The zero-order valence-corrected chi connectivity index (χ0v) is 18.2. The van der Waals surface area contributed by atoms with E-state index in [-0.39, 0.29) is 30.0 Å². The van der Waals surface area contributed by atoms with Crippen molar-refractivity contribution in [2.24, 2.45) is 4.99 Å². The normalized spacial score (nSPS) is 17.2. The van der Waals surface area contributed by atoms with Crippen LogP contribution in [0.5, 0.6) is 0 Å². The minimum Gasteiger partial charge on any atom is -0.444 e. The van der Waals surface area contributed by atoms with E-state index in [4.69, 9.17) is 16.0 Å². The van der Waals surface area contributed by atoms with Crippen LogP contribution < -0.4 is 15.5 Å². The molecule has 0 bridgehead atoms. The van der Waals surface area contributed by atoms with Crippen molar-refractivity contribution >= 4 is 47.4 Å². The number of hydrogen-bond acceptors (Lipinski definition) is 5. The molecule has 0 amide bonds. The number of nitrogens with zero attached hydrogens (tertiary/aromatic N) is 4. The largest absolute Gasteiger partial charge is 0.444 e. The topological polar surface area (TPSA) is 78.6 Å². The molecular formula is C17H24ClIN6O. The van der Waals surface area contributed by atoms with Crippen LogP contribution in [0, 0.1) is 13.8 Å². The minimum atomic E-state index is 0. The lowest BCUT2D eigenvalue weighted by atomic mass is 10.3. The van der Waals surface area contributed by atoms with Gasteiger partial charge >= 0.3 is 0 Å². The van der Waals surface area contributed by atoms with Crippen LogP contribution in [-0.4, -0.2) is 42.1 Å². The highest BCUT2D eigenvalue weighted by Crippen LogP contribution is 2.25. The van der Waals surface area contributed by atoms with Crippen molar-refractivity contribution in [1.82, 2.24) is 20.6 Å². The van der Waals surface area contributed by atoms with E-state index >= 15 is 0 Å². The molecule has 1 atom stereocenters.